The Kier molecular flexibility index (Phi) is 4.11. The van der Waals surface area contributed by atoms with Crippen molar-refractivity contribution >= 4 is 5.78 Å². The Morgan fingerprint density at radius 2 is 2.00 bits per heavy atom. The highest BCUT2D eigenvalue weighted by molar-refractivity contribution is 5.82. The number of carbonyl (C=O) groups excluding carboxylic acids is 1. The first-order chi connectivity index (χ1) is 6.50. The molecule has 1 aliphatic rings. The molecule has 82 valence electrons. The topological polar surface area (TPSA) is 20.3 Å². The number of Topliss-reactive ketones (excluding diaryl/α,β-unsaturated/α-hetero) is 1. The van der Waals surface area contributed by atoms with Gasteiger partial charge in [-0.2, -0.15) is 0 Å². The lowest BCUT2D eigenvalue weighted by Crippen LogP contribution is -2.30. The zero-order chi connectivity index (χ0) is 10.7. The molecule has 1 fully saturated rings. The van der Waals surface area contributed by atoms with Crippen molar-refractivity contribution in [1.29, 1.82) is 0 Å². The number of carbonyl (C=O) groups is 1. The van der Waals surface area contributed by atoms with Crippen LogP contribution >= 0.6 is 0 Å². The largest absolute Gasteiger partial charge is 0.298 e. The summed E-state index contributed by atoms with van der Waals surface area (Å²) in [5, 5.41) is 0. The van der Waals surface area contributed by atoms with Gasteiger partial charge in [0.25, 0.3) is 0 Å². The van der Waals surface area contributed by atoms with E-state index in [-0.39, 0.29) is 5.92 Å². The molecule has 14 heavy (non-hydrogen) atoms. The van der Waals surface area contributed by atoms with Crippen molar-refractivity contribution in [3.05, 3.63) is 0 Å². The molecule has 0 aliphatic carbocycles. The molecule has 1 unspecified atom stereocenters. The minimum absolute atomic E-state index is 0.188. The van der Waals surface area contributed by atoms with Crippen molar-refractivity contribution in [2.45, 2.75) is 34.1 Å². The van der Waals surface area contributed by atoms with E-state index < -0.39 is 0 Å². The van der Waals surface area contributed by atoms with Crippen LogP contribution in [0.2, 0.25) is 0 Å². The molecule has 2 nitrogen and oxygen atoms in total. The Morgan fingerprint density at radius 3 is 2.43 bits per heavy atom. The molecule has 0 aromatic carbocycles. The van der Waals surface area contributed by atoms with Gasteiger partial charge in [-0.05, 0) is 24.8 Å². The molecule has 2 heteroatoms. The number of likely N-dealkylation sites (tertiary alicyclic amines) is 1. The van der Waals surface area contributed by atoms with E-state index in [1.165, 1.54) is 6.42 Å². The molecule has 1 rings (SSSR count). The van der Waals surface area contributed by atoms with E-state index in [0.717, 1.165) is 24.9 Å². The molecule has 0 aromatic rings. The second-order valence-electron chi connectivity index (χ2n) is 5.15. The fourth-order valence-corrected chi connectivity index (χ4v) is 1.95. The van der Waals surface area contributed by atoms with Crippen LogP contribution in [-0.2, 0) is 4.79 Å². The molecule has 0 spiro atoms. The number of hydrogen-bond donors (Lipinski definition) is 0. The molecular weight excluding hydrogens is 174 g/mol. The van der Waals surface area contributed by atoms with Crippen molar-refractivity contribution in [2.75, 3.05) is 19.6 Å². The first kappa shape index (κ1) is 11.7. The highest BCUT2D eigenvalue weighted by Crippen LogP contribution is 2.23. The molecule has 1 atom stereocenters. The quantitative estimate of drug-likeness (QED) is 0.688. The summed E-state index contributed by atoms with van der Waals surface area (Å²) in [4.78, 5) is 13.8. The number of rotatable bonds is 4. The molecule has 0 saturated carbocycles. The van der Waals surface area contributed by atoms with Crippen LogP contribution in [0.1, 0.15) is 34.1 Å². The standard InChI is InChI=1S/C12H23NO/c1-9(2)11-5-6-13(7-11)8-12(14)10(3)4/h9-11H,5-8H2,1-4H3. The lowest BCUT2D eigenvalue weighted by Gasteiger charge is -2.17. The third-order valence-corrected chi connectivity index (χ3v) is 3.28. The van der Waals surface area contributed by atoms with E-state index in [4.69, 9.17) is 0 Å². The molecule has 1 aliphatic heterocycles. The van der Waals surface area contributed by atoms with Gasteiger partial charge in [0, 0.05) is 12.5 Å². The highest BCUT2D eigenvalue weighted by Gasteiger charge is 2.26. The van der Waals surface area contributed by atoms with Gasteiger partial charge in [0.15, 0.2) is 0 Å². The van der Waals surface area contributed by atoms with Gasteiger partial charge < -0.3 is 0 Å². The summed E-state index contributed by atoms with van der Waals surface area (Å²) in [7, 11) is 0. The lowest BCUT2D eigenvalue weighted by atomic mass is 9.95. The van der Waals surface area contributed by atoms with Crippen molar-refractivity contribution in [3.63, 3.8) is 0 Å². The van der Waals surface area contributed by atoms with Crippen LogP contribution in [0.15, 0.2) is 0 Å². The predicted molar refractivity (Wildman–Crippen MR) is 59.2 cm³/mol. The van der Waals surface area contributed by atoms with Gasteiger partial charge in [0.1, 0.15) is 5.78 Å². The van der Waals surface area contributed by atoms with Crippen molar-refractivity contribution < 1.29 is 4.79 Å². The van der Waals surface area contributed by atoms with Crippen LogP contribution in [0.3, 0.4) is 0 Å². The second kappa shape index (κ2) is 4.92. The van der Waals surface area contributed by atoms with Crippen LogP contribution in [0.4, 0.5) is 0 Å². The third kappa shape index (κ3) is 3.09. The normalized spacial score (nSPS) is 23.7. The zero-order valence-electron chi connectivity index (χ0n) is 9.92. The first-order valence-corrected chi connectivity index (χ1v) is 5.75. The van der Waals surface area contributed by atoms with Crippen molar-refractivity contribution in [1.82, 2.24) is 4.90 Å². The number of ketones is 1. The summed E-state index contributed by atoms with van der Waals surface area (Å²) < 4.78 is 0. The van der Waals surface area contributed by atoms with Gasteiger partial charge in [-0.1, -0.05) is 27.7 Å². The molecule has 0 aromatic heterocycles. The summed E-state index contributed by atoms with van der Waals surface area (Å²) >= 11 is 0. The van der Waals surface area contributed by atoms with Gasteiger partial charge in [-0.3, -0.25) is 9.69 Å². The monoisotopic (exact) mass is 197 g/mol. The Morgan fingerprint density at radius 1 is 1.36 bits per heavy atom. The SMILES string of the molecule is CC(C)C(=O)CN1CCC(C(C)C)C1. The molecule has 0 radical (unpaired) electrons. The van der Waals surface area contributed by atoms with Crippen LogP contribution in [-0.4, -0.2) is 30.3 Å². The van der Waals surface area contributed by atoms with E-state index in [0.29, 0.717) is 12.3 Å². The van der Waals surface area contributed by atoms with Crippen LogP contribution in [0.5, 0.6) is 0 Å². The maximum atomic E-state index is 11.5. The van der Waals surface area contributed by atoms with Crippen molar-refractivity contribution in [2.24, 2.45) is 17.8 Å². The molecule has 1 heterocycles. The average Bonchev–Trinajstić information content (AvgIpc) is 2.52. The first-order valence-electron chi connectivity index (χ1n) is 5.75. The zero-order valence-corrected chi connectivity index (χ0v) is 9.92. The Balaban J connectivity index is 2.32. The highest BCUT2D eigenvalue weighted by atomic mass is 16.1. The molecule has 0 bridgehead atoms. The fraction of sp³-hybridized carbons (Fsp3) is 0.917. The number of nitrogens with zero attached hydrogens (tertiary/aromatic N) is 1. The van der Waals surface area contributed by atoms with Gasteiger partial charge >= 0.3 is 0 Å². The number of hydrogen-bond acceptors (Lipinski definition) is 2. The Bertz CT molecular complexity index is 198. The summed E-state index contributed by atoms with van der Waals surface area (Å²) in [6, 6.07) is 0. The van der Waals surface area contributed by atoms with Crippen LogP contribution in [0, 0.1) is 17.8 Å². The lowest BCUT2D eigenvalue weighted by molar-refractivity contribution is -0.122. The molecular formula is C12H23NO. The van der Waals surface area contributed by atoms with Crippen LogP contribution < -0.4 is 0 Å². The van der Waals surface area contributed by atoms with E-state index >= 15 is 0 Å². The second-order valence-corrected chi connectivity index (χ2v) is 5.15. The third-order valence-electron chi connectivity index (χ3n) is 3.28. The van der Waals surface area contributed by atoms with Crippen LogP contribution in [0.25, 0.3) is 0 Å². The molecule has 0 amide bonds. The predicted octanol–water partition coefficient (Wildman–Crippen LogP) is 2.19. The summed E-state index contributed by atoms with van der Waals surface area (Å²) in [6.07, 6.45) is 1.27. The van der Waals surface area contributed by atoms with Gasteiger partial charge in [0.05, 0.1) is 6.54 Å². The minimum Gasteiger partial charge on any atom is -0.298 e. The molecule has 0 N–H and O–H groups in total. The smallest absolute Gasteiger partial charge is 0.149 e. The Hall–Kier alpha value is -0.370. The Labute approximate surface area is 87.7 Å². The minimum atomic E-state index is 0.188. The van der Waals surface area contributed by atoms with E-state index in [1.54, 1.807) is 0 Å². The van der Waals surface area contributed by atoms with Gasteiger partial charge in [0.2, 0.25) is 0 Å². The van der Waals surface area contributed by atoms with E-state index in [1.807, 2.05) is 13.8 Å². The van der Waals surface area contributed by atoms with Gasteiger partial charge in [-0.25, -0.2) is 0 Å². The average molecular weight is 197 g/mol. The maximum Gasteiger partial charge on any atom is 0.149 e. The fourth-order valence-electron chi connectivity index (χ4n) is 1.95. The van der Waals surface area contributed by atoms with Gasteiger partial charge in [-0.15, -0.1) is 0 Å². The summed E-state index contributed by atoms with van der Waals surface area (Å²) in [5.74, 6) is 2.13. The maximum absolute atomic E-state index is 11.5. The summed E-state index contributed by atoms with van der Waals surface area (Å²) in [5.41, 5.74) is 0. The molecule has 1 saturated heterocycles. The van der Waals surface area contributed by atoms with E-state index in [2.05, 4.69) is 18.7 Å². The van der Waals surface area contributed by atoms with E-state index in [9.17, 15) is 4.79 Å². The summed E-state index contributed by atoms with van der Waals surface area (Å²) in [6.45, 7) is 11.4. The van der Waals surface area contributed by atoms with Crippen molar-refractivity contribution in [3.8, 4) is 0 Å².